The zero-order valence-electron chi connectivity index (χ0n) is 27.8. The first kappa shape index (κ1) is 31.6. The molecule has 5 rings (SSSR count). The Balaban J connectivity index is 1.26. The average Bonchev–Trinajstić information content (AvgIpc) is 3.04. The van der Waals surface area contributed by atoms with Crippen LogP contribution in [0.4, 0.5) is 11.6 Å². The van der Waals surface area contributed by atoms with Crippen molar-refractivity contribution < 1.29 is 0 Å². The third-order valence-corrected chi connectivity index (χ3v) is 8.96. The number of benzene rings is 2. The molecule has 2 aromatic carbocycles. The highest BCUT2D eigenvalue weighted by atomic mass is 15.3. The zero-order chi connectivity index (χ0) is 31.1. The SMILES string of the molecule is CCCc1cc(-c2cnc(N3CCN(c4cnc(-c5cc(CCC)c(C)cc5CCC)cn4)CC3)cn2)c(CCC)cc1C. The van der Waals surface area contributed by atoms with Gasteiger partial charge in [-0.2, -0.15) is 0 Å². The molecule has 44 heavy (non-hydrogen) atoms. The number of aryl methyl sites for hydroxylation is 6. The van der Waals surface area contributed by atoms with Gasteiger partial charge in [-0.1, -0.05) is 65.5 Å². The van der Waals surface area contributed by atoms with Crippen molar-refractivity contribution in [2.75, 3.05) is 36.0 Å². The van der Waals surface area contributed by atoms with Crippen LogP contribution in [-0.2, 0) is 25.7 Å². The van der Waals surface area contributed by atoms with Crippen molar-refractivity contribution in [1.29, 1.82) is 0 Å². The van der Waals surface area contributed by atoms with Crippen molar-refractivity contribution in [1.82, 2.24) is 19.9 Å². The lowest BCUT2D eigenvalue weighted by Crippen LogP contribution is -2.47. The van der Waals surface area contributed by atoms with E-state index in [1.165, 1.54) is 44.5 Å². The zero-order valence-corrected chi connectivity index (χ0v) is 27.8. The van der Waals surface area contributed by atoms with Crippen LogP contribution >= 0.6 is 0 Å². The first-order chi connectivity index (χ1) is 21.4. The summed E-state index contributed by atoms with van der Waals surface area (Å²) in [6, 6.07) is 9.43. The maximum atomic E-state index is 4.92. The van der Waals surface area contributed by atoms with Crippen LogP contribution < -0.4 is 9.80 Å². The molecule has 0 amide bonds. The normalized spacial score (nSPS) is 13.5. The molecule has 0 saturated carbocycles. The van der Waals surface area contributed by atoms with Crippen LogP contribution in [0.3, 0.4) is 0 Å². The van der Waals surface area contributed by atoms with Gasteiger partial charge in [0.25, 0.3) is 0 Å². The molecule has 3 heterocycles. The monoisotopic (exact) mass is 590 g/mol. The van der Waals surface area contributed by atoms with Gasteiger partial charge in [0, 0.05) is 37.3 Å². The molecule has 2 aromatic heterocycles. The maximum absolute atomic E-state index is 4.92. The third kappa shape index (κ3) is 7.11. The lowest BCUT2D eigenvalue weighted by molar-refractivity contribution is 0.639. The number of rotatable bonds is 12. The lowest BCUT2D eigenvalue weighted by atomic mass is 9.93. The van der Waals surface area contributed by atoms with Gasteiger partial charge in [0.2, 0.25) is 0 Å². The topological polar surface area (TPSA) is 58.0 Å². The maximum Gasteiger partial charge on any atom is 0.147 e. The molecule has 0 aliphatic carbocycles. The molecular weight excluding hydrogens is 540 g/mol. The Kier molecular flexibility index (Phi) is 10.6. The molecule has 0 bridgehead atoms. The first-order valence-electron chi connectivity index (χ1n) is 16.8. The second-order valence-electron chi connectivity index (χ2n) is 12.4. The van der Waals surface area contributed by atoms with Crippen LogP contribution in [0, 0.1) is 13.8 Å². The van der Waals surface area contributed by atoms with Gasteiger partial charge in [0.05, 0.1) is 36.2 Å². The second-order valence-corrected chi connectivity index (χ2v) is 12.4. The highest BCUT2D eigenvalue weighted by Crippen LogP contribution is 2.30. The van der Waals surface area contributed by atoms with Gasteiger partial charge >= 0.3 is 0 Å². The summed E-state index contributed by atoms with van der Waals surface area (Å²) in [5, 5.41) is 0. The number of nitrogens with zero attached hydrogens (tertiary/aromatic N) is 6. The molecule has 0 N–H and O–H groups in total. The molecule has 232 valence electrons. The molecular formula is C38H50N6. The highest BCUT2D eigenvalue weighted by Gasteiger charge is 2.21. The Morgan fingerprint density at radius 1 is 0.477 bits per heavy atom. The molecule has 1 fully saturated rings. The van der Waals surface area contributed by atoms with Crippen LogP contribution in [0.25, 0.3) is 22.5 Å². The molecule has 6 nitrogen and oxygen atoms in total. The summed E-state index contributed by atoms with van der Waals surface area (Å²) in [6.45, 7) is 16.9. The predicted molar refractivity (Wildman–Crippen MR) is 185 cm³/mol. The van der Waals surface area contributed by atoms with E-state index in [1.807, 2.05) is 24.8 Å². The van der Waals surface area contributed by atoms with E-state index in [4.69, 9.17) is 19.9 Å². The molecule has 1 aliphatic heterocycles. The summed E-state index contributed by atoms with van der Waals surface area (Å²) in [7, 11) is 0. The van der Waals surface area contributed by atoms with Crippen molar-refractivity contribution in [3.63, 3.8) is 0 Å². The molecule has 6 heteroatoms. The number of hydrogen-bond donors (Lipinski definition) is 0. The molecule has 1 saturated heterocycles. The standard InChI is InChI=1S/C38H50N6/c1-7-11-29-21-33(31(13-9-3)19-27(29)5)35-23-41-37(25-39-35)43-15-17-44(18-16-43)38-26-40-36(24-42-38)34-22-30(12-8-2)28(6)20-32(34)14-10-4/h19-26H,7-18H2,1-6H3. The molecule has 4 aromatic rings. The largest absolute Gasteiger partial charge is 0.352 e. The number of aromatic nitrogens is 4. The van der Waals surface area contributed by atoms with E-state index in [-0.39, 0.29) is 0 Å². The molecule has 0 radical (unpaired) electrons. The number of hydrogen-bond acceptors (Lipinski definition) is 6. The van der Waals surface area contributed by atoms with Crippen LogP contribution in [0.1, 0.15) is 86.8 Å². The van der Waals surface area contributed by atoms with E-state index in [0.29, 0.717) is 0 Å². The van der Waals surface area contributed by atoms with E-state index in [2.05, 4.69) is 75.6 Å². The summed E-state index contributed by atoms with van der Waals surface area (Å²) in [5.74, 6) is 1.89. The molecule has 0 unspecified atom stereocenters. The van der Waals surface area contributed by atoms with E-state index >= 15 is 0 Å². The van der Waals surface area contributed by atoms with Gasteiger partial charge in [-0.3, -0.25) is 9.97 Å². The summed E-state index contributed by atoms with van der Waals surface area (Å²) < 4.78 is 0. The minimum atomic E-state index is 0.878. The lowest BCUT2D eigenvalue weighted by Gasteiger charge is -2.35. The Hall–Kier alpha value is -3.80. The quantitative estimate of drug-likeness (QED) is 0.165. The van der Waals surface area contributed by atoms with Gasteiger partial charge in [-0.15, -0.1) is 0 Å². The fourth-order valence-electron chi connectivity index (χ4n) is 6.54. The molecule has 0 spiro atoms. The van der Waals surface area contributed by atoms with E-state index < -0.39 is 0 Å². The number of anilines is 2. The molecule has 0 atom stereocenters. The summed E-state index contributed by atoms with van der Waals surface area (Å²) in [5.41, 5.74) is 12.8. The smallest absolute Gasteiger partial charge is 0.147 e. The van der Waals surface area contributed by atoms with Gasteiger partial charge < -0.3 is 9.80 Å². The van der Waals surface area contributed by atoms with Crippen LogP contribution in [0.2, 0.25) is 0 Å². The fourth-order valence-corrected chi connectivity index (χ4v) is 6.54. The van der Waals surface area contributed by atoms with Crippen molar-refractivity contribution >= 4 is 11.6 Å². The number of piperazine rings is 1. The Bertz CT molecular complexity index is 1400. The second kappa shape index (κ2) is 14.8. The minimum absolute atomic E-state index is 0.878. The van der Waals surface area contributed by atoms with E-state index in [1.54, 1.807) is 0 Å². The fraction of sp³-hybridized carbons (Fsp3) is 0.474. The van der Waals surface area contributed by atoms with Crippen molar-refractivity contribution in [3.05, 3.63) is 82.4 Å². The van der Waals surface area contributed by atoms with Crippen molar-refractivity contribution in [2.24, 2.45) is 0 Å². The van der Waals surface area contributed by atoms with Crippen molar-refractivity contribution in [2.45, 2.75) is 92.9 Å². The van der Waals surface area contributed by atoms with E-state index in [9.17, 15) is 0 Å². The van der Waals surface area contributed by atoms with Crippen LogP contribution in [0.5, 0.6) is 0 Å². The highest BCUT2D eigenvalue weighted by molar-refractivity contribution is 5.67. The van der Waals surface area contributed by atoms with Crippen molar-refractivity contribution in [3.8, 4) is 22.5 Å². The van der Waals surface area contributed by atoms with Gasteiger partial charge in [-0.25, -0.2) is 9.97 Å². The third-order valence-electron chi connectivity index (χ3n) is 8.96. The Labute approximate surface area is 265 Å². The van der Waals surface area contributed by atoms with Gasteiger partial charge in [0.1, 0.15) is 11.6 Å². The summed E-state index contributed by atoms with van der Waals surface area (Å²) in [4.78, 5) is 24.3. The average molecular weight is 591 g/mol. The Morgan fingerprint density at radius 2 is 0.841 bits per heavy atom. The Morgan fingerprint density at radius 3 is 1.16 bits per heavy atom. The molecule has 1 aliphatic rings. The van der Waals surface area contributed by atoms with Crippen LogP contribution in [-0.4, -0.2) is 46.1 Å². The summed E-state index contributed by atoms with van der Waals surface area (Å²) in [6.07, 6.45) is 16.7. The first-order valence-corrected chi connectivity index (χ1v) is 16.8. The van der Waals surface area contributed by atoms with Gasteiger partial charge in [-0.05, 0) is 85.0 Å². The summed E-state index contributed by atoms with van der Waals surface area (Å²) >= 11 is 0. The predicted octanol–water partition coefficient (Wildman–Crippen LogP) is 8.35. The van der Waals surface area contributed by atoms with E-state index in [0.717, 1.165) is 101 Å². The van der Waals surface area contributed by atoms with Crippen LogP contribution in [0.15, 0.2) is 49.1 Å². The van der Waals surface area contributed by atoms with Gasteiger partial charge in [0.15, 0.2) is 0 Å². The minimum Gasteiger partial charge on any atom is -0.352 e.